The second-order valence-corrected chi connectivity index (χ2v) is 7.50. The van der Waals surface area contributed by atoms with Gasteiger partial charge in [0.2, 0.25) is 5.91 Å². The predicted octanol–water partition coefficient (Wildman–Crippen LogP) is 3.72. The first-order chi connectivity index (χ1) is 12.8. The molecule has 0 N–H and O–H groups in total. The zero-order valence-corrected chi connectivity index (χ0v) is 15.1. The fraction of sp³-hybridized carbons (Fsp3) is 0.455. The second-order valence-electron chi connectivity index (χ2n) is 7.50. The molecule has 1 aromatic heterocycles. The van der Waals surface area contributed by atoms with E-state index in [0.29, 0.717) is 11.8 Å². The molecule has 2 heterocycles. The summed E-state index contributed by atoms with van der Waals surface area (Å²) in [5.74, 6) is 1.74. The Morgan fingerprint density at radius 2 is 1.96 bits per heavy atom. The summed E-state index contributed by atoms with van der Waals surface area (Å²) < 4.78 is 6.27. The van der Waals surface area contributed by atoms with Crippen molar-refractivity contribution in [1.29, 1.82) is 0 Å². The van der Waals surface area contributed by atoms with Crippen molar-refractivity contribution in [2.75, 3.05) is 13.1 Å². The molecule has 0 bridgehead atoms. The lowest BCUT2D eigenvalue weighted by Gasteiger charge is -2.41. The number of aromatic nitrogens is 1. The molecule has 1 aliphatic carbocycles. The summed E-state index contributed by atoms with van der Waals surface area (Å²) in [7, 11) is 0. The Labute approximate surface area is 155 Å². The van der Waals surface area contributed by atoms with Gasteiger partial charge in [-0.05, 0) is 37.0 Å². The average Bonchev–Trinajstić information content (AvgIpc) is 2.63. The molecule has 1 aromatic carbocycles. The Balaban J connectivity index is 1.48. The molecule has 1 saturated heterocycles. The molecule has 2 atom stereocenters. The predicted molar refractivity (Wildman–Crippen MR) is 101 cm³/mol. The van der Waals surface area contributed by atoms with Crippen LogP contribution in [0.3, 0.4) is 0 Å². The van der Waals surface area contributed by atoms with Crippen molar-refractivity contribution in [3.63, 3.8) is 0 Å². The van der Waals surface area contributed by atoms with E-state index in [1.165, 1.54) is 12.0 Å². The molecule has 1 amide bonds. The molecule has 26 heavy (non-hydrogen) atoms. The van der Waals surface area contributed by atoms with Crippen molar-refractivity contribution in [2.45, 2.75) is 38.2 Å². The monoisotopic (exact) mass is 350 g/mol. The third kappa shape index (κ3) is 3.90. The van der Waals surface area contributed by atoms with Crippen LogP contribution >= 0.6 is 0 Å². The third-order valence-electron chi connectivity index (χ3n) is 5.69. The van der Waals surface area contributed by atoms with Crippen molar-refractivity contribution in [1.82, 2.24) is 9.88 Å². The molecule has 2 aromatic rings. The van der Waals surface area contributed by atoms with Gasteiger partial charge in [-0.2, -0.15) is 0 Å². The summed E-state index contributed by atoms with van der Waals surface area (Å²) in [6.45, 7) is 1.58. The van der Waals surface area contributed by atoms with Crippen LogP contribution in [0.15, 0.2) is 54.9 Å². The molecular formula is C22H26N2O2. The van der Waals surface area contributed by atoms with E-state index in [4.69, 9.17) is 4.74 Å². The molecule has 2 aliphatic rings. The molecule has 4 nitrogen and oxygen atoms in total. The molecule has 2 fully saturated rings. The number of piperidine rings is 1. The molecular weight excluding hydrogens is 324 g/mol. The second kappa shape index (κ2) is 7.90. The van der Waals surface area contributed by atoms with Crippen LogP contribution in [0.4, 0.5) is 0 Å². The Bertz CT molecular complexity index is 715. The number of likely N-dealkylation sites (tertiary alicyclic amines) is 1. The van der Waals surface area contributed by atoms with E-state index in [2.05, 4.69) is 34.1 Å². The Morgan fingerprint density at radius 3 is 2.65 bits per heavy atom. The van der Waals surface area contributed by atoms with Gasteiger partial charge in [0.15, 0.2) is 0 Å². The summed E-state index contributed by atoms with van der Waals surface area (Å²) in [6.07, 6.45) is 8.78. The minimum Gasteiger partial charge on any atom is -0.488 e. The van der Waals surface area contributed by atoms with Crippen LogP contribution in [0.5, 0.6) is 5.75 Å². The summed E-state index contributed by atoms with van der Waals surface area (Å²) in [6, 6.07) is 14.4. The van der Waals surface area contributed by atoms with Gasteiger partial charge in [0, 0.05) is 37.5 Å². The number of carbonyl (C=O) groups is 1. The van der Waals surface area contributed by atoms with E-state index in [1.54, 1.807) is 12.4 Å². The van der Waals surface area contributed by atoms with E-state index in [-0.39, 0.29) is 12.0 Å². The van der Waals surface area contributed by atoms with Crippen LogP contribution in [0, 0.1) is 11.8 Å². The van der Waals surface area contributed by atoms with Crippen LogP contribution in [0.25, 0.3) is 0 Å². The summed E-state index contributed by atoms with van der Waals surface area (Å²) in [4.78, 5) is 19.0. The largest absolute Gasteiger partial charge is 0.488 e. The molecule has 1 saturated carbocycles. The fourth-order valence-electron chi connectivity index (χ4n) is 3.98. The molecule has 136 valence electrons. The Hall–Kier alpha value is -2.36. The van der Waals surface area contributed by atoms with Gasteiger partial charge in [-0.15, -0.1) is 0 Å². The van der Waals surface area contributed by atoms with Gasteiger partial charge < -0.3 is 9.64 Å². The summed E-state index contributed by atoms with van der Waals surface area (Å²) >= 11 is 0. The molecule has 0 spiro atoms. The van der Waals surface area contributed by atoms with Crippen LogP contribution in [0.1, 0.15) is 31.2 Å². The molecule has 4 rings (SSSR count). The molecule has 4 heteroatoms. The van der Waals surface area contributed by atoms with Gasteiger partial charge in [-0.3, -0.25) is 9.78 Å². The number of rotatable bonds is 5. The normalized spacial score (nSPS) is 23.3. The first-order valence-corrected chi connectivity index (χ1v) is 9.69. The van der Waals surface area contributed by atoms with Crippen molar-refractivity contribution in [3.05, 3.63) is 60.4 Å². The number of benzene rings is 1. The number of carbonyl (C=O) groups excluding carboxylic acids is 1. The van der Waals surface area contributed by atoms with Gasteiger partial charge in [0.05, 0.1) is 6.20 Å². The lowest BCUT2D eigenvalue weighted by molar-refractivity contribution is -0.141. The minimum atomic E-state index is 0.116. The zero-order valence-electron chi connectivity index (χ0n) is 15.1. The minimum absolute atomic E-state index is 0.116. The van der Waals surface area contributed by atoms with Crippen molar-refractivity contribution in [3.8, 4) is 5.75 Å². The zero-order chi connectivity index (χ0) is 17.8. The highest BCUT2D eigenvalue weighted by Gasteiger charge is 2.36. The number of hydrogen-bond donors (Lipinski definition) is 0. The quantitative estimate of drug-likeness (QED) is 0.825. The lowest BCUT2D eigenvalue weighted by atomic mass is 9.82. The fourth-order valence-corrected chi connectivity index (χ4v) is 3.98. The number of amides is 1. The highest BCUT2D eigenvalue weighted by atomic mass is 16.5. The van der Waals surface area contributed by atoms with E-state index in [0.717, 1.165) is 44.5 Å². The smallest absolute Gasteiger partial charge is 0.225 e. The number of pyridine rings is 1. The maximum absolute atomic E-state index is 12.7. The van der Waals surface area contributed by atoms with Crippen LogP contribution in [-0.2, 0) is 11.2 Å². The van der Waals surface area contributed by atoms with Crippen molar-refractivity contribution >= 4 is 5.91 Å². The van der Waals surface area contributed by atoms with Gasteiger partial charge in [0.25, 0.3) is 0 Å². The number of hydrogen-bond acceptors (Lipinski definition) is 3. The maximum atomic E-state index is 12.7. The van der Waals surface area contributed by atoms with Gasteiger partial charge in [-0.1, -0.05) is 36.8 Å². The van der Waals surface area contributed by atoms with E-state index in [1.807, 2.05) is 18.2 Å². The number of ether oxygens (including phenoxy) is 1. The van der Waals surface area contributed by atoms with Crippen molar-refractivity contribution in [2.24, 2.45) is 11.8 Å². The van der Waals surface area contributed by atoms with Crippen LogP contribution in [-0.4, -0.2) is 35.0 Å². The molecule has 1 aliphatic heterocycles. The first kappa shape index (κ1) is 17.1. The van der Waals surface area contributed by atoms with Gasteiger partial charge >= 0.3 is 0 Å². The maximum Gasteiger partial charge on any atom is 0.225 e. The van der Waals surface area contributed by atoms with Gasteiger partial charge in [0.1, 0.15) is 11.9 Å². The SMILES string of the molecule is O=C(C1CCC1)N1CC[C@H](Oc2cccnc2)[C@@H](Cc2ccccc2)C1. The lowest BCUT2D eigenvalue weighted by Crippen LogP contribution is -2.51. The summed E-state index contributed by atoms with van der Waals surface area (Å²) in [5, 5.41) is 0. The van der Waals surface area contributed by atoms with E-state index >= 15 is 0 Å². The van der Waals surface area contributed by atoms with Gasteiger partial charge in [-0.25, -0.2) is 0 Å². The standard InChI is InChI=1S/C22H26N2O2/c25-22(18-8-4-9-18)24-13-11-21(26-20-10-5-12-23-15-20)19(16-24)14-17-6-2-1-3-7-17/h1-3,5-7,10,12,15,18-19,21H,4,8-9,11,13-14,16H2/t19-,21-/m0/s1. The number of nitrogens with zero attached hydrogens (tertiary/aromatic N) is 2. The average molecular weight is 350 g/mol. The molecule has 0 unspecified atom stereocenters. The van der Waals surface area contributed by atoms with Crippen molar-refractivity contribution < 1.29 is 9.53 Å². The highest BCUT2D eigenvalue weighted by molar-refractivity contribution is 5.79. The summed E-state index contributed by atoms with van der Waals surface area (Å²) in [5.41, 5.74) is 1.30. The Kier molecular flexibility index (Phi) is 5.19. The Morgan fingerprint density at radius 1 is 1.12 bits per heavy atom. The highest BCUT2D eigenvalue weighted by Crippen LogP contribution is 2.32. The molecule has 0 radical (unpaired) electrons. The topological polar surface area (TPSA) is 42.4 Å². The van der Waals surface area contributed by atoms with E-state index < -0.39 is 0 Å². The first-order valence-electron chi connectivity index (χ1n) is 9.69. The van der Waals surface area contributed by atoms with E-state index in [9.17, 15) is 4.79 Å². The third-order valence-corrected chi connectivity index (χ3v) is 5.69. The van der Waals surface area contributed by atoms with Crippen LogP contribution < -0.4 is 4.74 Å². The van der Waals surface area contributed by atoms with Crippen LogP contribution in [0.2, 0.25) is 0 Å².